The third kappa shape index (κ3) is 3.43. The van der Waals surface area contributed by atoms with E-state index in [0.29, 0.717) is 0 Å². The number of carbonyl (C=O) groups is 1. The van der Waals surface area contributed by atoms with Crippen LogP contribution in [0.2, 0.25) is 0 Å². The summed E-state index contributed by atoms with van der Waals surface area (Å²) in [6.45, 7) is 3.92. The fourth-order valence-corrected chi connectivity index (χ4v) is 1.30. The molecule has 0 unspecified atom stereocenters. The van der Waals surface area contributed by atoms with Gasteiger partial charge in [-0.25, -0.2) is 0 Å². The van der Waals surface area contributed by atoms with Crippen molar-refractivity contribution in [2.45, 2.75) is 26.3 Å². The van der Waals surface area contributed by atoms with E-state index in [1.165, 1.54) is 5.56 Å². The van der Waals surface area contributed by atoms with Crippen molar-refractivity contribution < 1.29 is 4.79 Å². The molecule has 0 aliphatic rings. The SMILES string of the molecule is Cc1ccc([C@H](C)NC(=O)CC#N)cc1. The molecule has 1 aromatic rings. The lowest BCUT2D eigenvalue weighted by molar-refractivity contribution is -0.120. The molecule has 1 rings (SSSR count). The van der Waals surface area contributed by atoms with E-state index in [0.717, 1.165) is 5.56 Å². The van der Waals surface area contributed by atoms with Crippen LogP contribution in [0.5, 0.6) is 0 Å². The third-order valence-electron chi connectivity index (χ3n) is 2.19. The first-order valence-electron chi connectivity index (χ1n) is 4.86. The van der Waals surface area contributed by atoms with Crippen LogP contribution in [0.3, 0.4) is 0 Å². The van der Waals surface area contributed by atoms with Gasteiger partial charge in [0, 0.05) is 0 Å². The second-order valence-electron chi connectivity index (χ2n) is 3.53. The van der Waals surface area contributed by atoms with E-state index in [1.54, 1.807) is 0 Å². The van der Waals surface area contributed by atoms with Gasteiger partial charge in [-0.05, 0) is 19.4 Å². The summed E-state index contributed by atoms with van der Waals surface area (Å²) in [5.74, 6) is -0.231. The van der Waals surface area contributed by atoms with Gasteiger partial charge in [-0.1, -0.05) is 29.8 Å². The summed E-state index contributed by atoms with van der Waals surface area (Å²) >= 11 is 0. The normalized spacial score (nSPS) is 11.5. The summed E-state index contributed by atoms with van der Waals surface area (Å²) < 4.78 is 0. The summed E-state index contributed by atoms with van der Waals surface area (Å²) in [5, 5.41) is 11.1. The lowest BCUT2D eigenvalue weighted by Crippen LogP contribution is -2.25. The number of aryl methyl sites for hydroxylation is 1. The molecule has 3 heteroatoms. The van der Waals surface area contributed by atoms with Crippen LogP contribution < -0.4 is 5.32 Å². The minimum Gasteiger partial charge on any atom is -0.349 e. The lowest BCUT2D eigenvalue weighted by atomic mass is 10.1. The molecule has 1 aromatic carbocycles. The molecular formula is C12H14N2O. The summed E-state index contributed by atoms with van der Waals surface area (Å²) in [5.41, 5.74) is 2.24. The number of rotatable bonds is 3. The van der Waals surface area contributed by atoms with Gasteiger partial charge in [-0.15, -0.1) is 0 Å². The highest BCUT2D eigenvalue weighted by atomic mass is 16.1. The number of carbonyl (C=O) groups excluding carboxylic acids is 1. The molecule has 0 aliphatic heterocycles. The maximum atomic E-state index is 11.2. The van der Waals surface area contributed by atoms with Crippen molar-refractivity contribution in [2.24, 2.45) is 0 Å². The summed E-state index contributed by atoms with van der Waals surface area (Å²) in [7, 11) is 0. The largest absolute Gasteiger partial charge is 0.349 e. The Morgan fingerprint density at radius 1 is 1.47 bits per heavy atom. The number of benzene rings is 1. The summed E-state index contributed by atoms with van der Waals surface area (Å²) in [6.07, 6.45) is -0.0871. The molecule has 1 N–H and O–H groups in total. The van der Waals surface area contributed by atoms with E-state index in [9.17, 15) is 4.79 Å². The molecule has 0 heterocycles. The van der Waals surface area contributed by atoms with Gasteiger partial charge in [0.1, 0.15) is 6.42 Å². The average Bonchev–Trinajstić information content (AvgIpc) is 2.18. The van der Waals surface area contributed by atoms with E-state index < -0.39 is 0 Å². The van der Waals surface area contributed by atoms with Crippen LogP contribution in [-0.2, 0) is 4.79 Å². The zero-order valence-corrected chi connectivity index (χ0v) is 8.95. The minimum absolute atomic E-state index is 0.0496. The second kappa shape index (κ2) is 5.16. The topological polar surface area (TPSA) is 52.9 Å². The van der Waals surface area contributed by atoms with E-state index in [1.807, 2.05) is 44.2 Å². The number of nitrogens with one attached hydrogen (secondary N) is 1. The van der Waals surface area contributed by atoms with Crippen molar-refractivity contribution >= 4 is 5.91 Å². The standard InChI is InChI=1S/C12H14N2O/c1-9-3-5-11(6-4-9)10(2)14-12(15)7-8-13/h3-6,10H,7H2,1-2H3,(H,14,15)/t10-/m0/s1. The van der Waals surface area contributed by atoms with Crippen LogP contribution in [0.4, 0.5) is 0 Å². The average molecular weight is 202 g/mol. The first kappa shape index (κ1) is 11.3. The lowest BCUT2D eigenvalue weighted by Gasteiger charge is -2.13. The van der Waals surface area contributed by atoms with Crippen LogP contribution in [0, 0.1) is 18.3 Å². The zero-order valence-electron chi connectivity index (χ0n) is 8.95. The Labute approximate surface area is 89.7 Å². The molecule has 1 atom stereocenters. The quantitative estimate of drug-likeness (QED) is 0.815. The van der Waals surface area contributed by atoms with Gasteiger partial charge in [0.05, 0.1) is 12.1 Å². The Morgan fingerprint density at radius 2 is 2.07 bits per heavy atom. The monoisotopic (exact) mass is 202 g/mol. The third-order valence-corrected chi connectivity index (χ3v) is 2.19. The number of nitrogens with zero attached hydrogens (tertiary/aromatic N) is 1. The Balaban J connectivity index is 2.61. The molecule has 0 saturated heterocycles. The summed E-state index contributed by atoms with van der Waals surface area (Å²) in [6, 6.07) is 9.73. The van der Waals surface area contributed by atoms with E-state index in [4.69, 9.17) is 5.26 Å². The van der Waals surface area contributed by atoms with Crippen molar-refractivity contribution in [2.75, 3.05) is 0 Å². The maximum Gasteiger partial charge on any atom is 0.234 e. The highest BCUT2D eigenvalue weighted by molar-refractivity contribution is 5.78. The highest BCUT2D eigenvalue weighted by Gasteiger charge is 2.08. The molecule has 0 bridgehead atoms. The van der Waals surface area contributed by atoms with Gasteiger partial charge in [0.25, 0.3) is 0 Å². The number of amides is 1. The van der Waals surface area contributed by atoms with E-state index in [-0.39, 0.29) is 18.4 Å². The molecule has 0 fully saturated rings. The van der Waals surface area contributed by atoms with Crippen molar-refractivity contribution in [3.05, 3.63) is 35.4 Å². The minimum atomic E-state index is -0.231. The van der Waals surface area contributed by atoms with Gasteiger partial charge in [-0.3, -0.25) is 4.79 Å². The molecule has 78 valence electrons. The maximum absolute atomic E-state index is 11.2. The molecule has 0 spiro atoms. The molecule has 15 heavy (non-hydrogen) atoms. The van der Waals surface area contributed by atoms with Crippen LogP contribution in [-0.4, -0.2) is 5.91 Å². The van der Waals surface area contributed by atoms with Gasteiger partial charge in [0.15, 0.2) is 0 Å². The van der Waals surface area contributed by atoms with E-state index >= 15 is 0 Å². The van der Waals surface area contributed by atoms with Gasteiger partial charge in [0.2, 0.25) is 5.91 Å². The number of hydrogen-bond acceptors (Lipinski definition) is 2. The molecular weight excluding hydrogens is 188 g/mol. The Morgan fingerprint density at radius 3 is 2.60 bits per heavy atom. The Kier molecular flexibility index (Phi) is 3.87. The van der Waals surface area contributed by atoms with Gasteiger partial charge < -0.3 is 5.32 Å². The summed E-state index contributed by atoms with van der Waals surface area (Å²) in [4.78, 5) is 11.2. The van der Waals surface area contributed by atoms with Crippen LogP contribution in [0.1, 0.15) is 30.5 Å². The van der Waals surface area contributed by atoms with Crippen molar-refractivity contribution in [3.8, 4) is 6.07 Å². The first-order chi connectivity index (χ1) is 7.13. The second-order valence-corrected chi connectivity index (χ2v) is 3.53. The van der Waals surface area contributed by atoms with Crippen molar-refractivity contribution in [1.82, 2.24) is 5.32 Å². The highest BCUT2D eigenvalue weighted by Crippen LogP contribution is 2.12. The Bertz CT molecular complexity index is 376. The van der Waals surface area contributed by atoms with Crippen molar-refractivity contribution in [1.29, 1.82) is 5.26 Å². The van der Waals surface area contributed by atoms with Crippen LogP contribution in [0.25, 0.3) is 0 Å². The molecule has 1 amide bonds. The van der Waals surface area contributed by atoms with Crippen LogP contribution in [0.15, 0.2) is 24.3 Å². The molecule has 0 aliphatic carbocycles. The van der Waals surface area contributed by atoms with Gasteiger partial charge >= 0.3 is 0 Å². The molecule has 3 nitrogen and oxygen atoms in total. The predicted octanol–water partition coefficient (Wildman–Crippen LogP) is 2.09. The first-order valence-corrected chi connectivity index (χ1v) is 4.86. The fourth-order valence-electron chi connectivity index (χ4n) is 1.30. The predicted molar refractivity (Wildman–Crippen MR) is 58.0 cm³/mol. The Hall–Kier alpha value is -1.82. The fraction of sp³-hybridized carbons (Fsp3) is 0.333. The van der Waals surface area contributed by atoms with Gasteiger partial charge in [-0.2, -0.15) is 5.26 Å². The van der Waals surface area contributed by atoms with Crippen molar-refractivity contribution in [3.63, 3.8) is 0 Å². The molecule has 0 saturated carbocycles. The van der Waals surface area contributed by atoms with E-state index in [2.05, 4.69) is 5.32 Å². The van der Waals surface area contributed by atoms with Crippen LogP contribution >= 0.6 is 0 Å². The number of nitriles is 1. The smallest absolute Gasteiger partial charge is 0.234 e. The number of hydrogen-bond donors (Lipinski definition) is 1. The molecule has 0 aromatic heterocycles. The zero-order chi connectivity index (χ0) is 11.3. The molecule has 0 radical (unpaired) electrons.